The molecule has 90 valence electrons. The molecule has 0 bridgehead atoms. The fourth-order valence-electron chi connectivity index (χ4n) is 1.79. The van der Waals surface area contributed by atoms with Crippen LogP contribution >= 0.6 is 0 Å². The summed E-state index contributed by atoms with van der Waals surface area (Å²) in [5.74, 6) is 0.382. The van der Waals surface area contributed by atoms with Crippen molar-refractivity contribution in [2.45, 2.75) is 39.7 Å². The molecule has 0 aromatic heterocycles. The molecule has 16 heavy (non-hydrogen) atoms. The zero-order chi connectivity index (χ0) is 12.0. The van der Waals surface area contributed by atoms with Gasteiger partial charge >= 0.3 is 0 Å². The van der Waals surface area contributed by atoms with Gasteiger partial charge in [0.05, 0.1) is 0 Å². The summed E-state index contributed by atoms with van der Waals surface area (Å²) < 4.78 is 13.0. The zero-order valence-electron chi connectivity index (χ0n) is 10.5. The maximum absolute atomic E-state index is 13.0. The number of hydrogen-bond acceptors (Lipinski definition) is 1. The van der Waals surface area contributed by atoms with Crippen LogP contribution in [0.1, 0.15) is 32.8 Å². The van der Waals surface area contributed by atoms with Crippen LogP contribution in [0.15, 0.2) is 24.3 Å². The smallest absolute Gasteiger partial charge is 0.123 e. The van der Waals surface area contributed by atoms with E-state index < -0.39 is 0 Å². The van der Waals surface area contributed by atoms with Crippen LogP contribution in [0.4, 0.5) is 4.39 Å². The summed E-state index contributed by atoms with van der Waals surface area (Å²) in [4.78, 5) is 0. The topological polar surface area (TPSA) is 12.0 Å². The molecule has 2 unspecified atom stereocenters. The fraction of sp³-hybridized carbons (Fsp3) is 0.571. The lowest BCUT2D eigenvalue weighted by molar-refractivity contribution is 0.398. The van der Waals surface area contributed by atoms with Gasteiger partial charge in [0.1, 0.15) is 5.82 Å². The Morgan fingerprint density at radius 2 is 2.06 bits per heavy atom. The van der Waals surface area contributed by atoms with Crippen molar-refractivity contribution in [2.24, 2.45) is 5.92 Å². The van der Waals surface area contributed by atoms with Crippen LogP contribution in [0, 0.1) is 11.7 Å². The van der Waals surface area contributed by atoms with E-state index in [-0.39, 0.29) is 5.82 Å². The van der Waals surface area contributed by atoms with Gasteiger partial charge in [-0.05, 0) is 49.9 Å². The van der Waals surface area contributed by atoms with Gasteiger partial charge in [-0.25, -0.2) is 4.39 Å². The molecule has 1 rings (SSSR count). The highest BCUT2D eigenvalue weighted by Crippen LogP contribution is 2.13. The first-order valence-electron chi connectivity index (χ1n) is 6.11. The molecule has 0 radical (unpaired) electrons. The average Bonchev–Trinajstić information content (AvgIpc) is 2.25. The lowest BCUT2D eigenvalue weighted by Gasteiger charge is -2.21. The van der Waals surface area contributed by atoms with E-state index >= 15 is 0 Å². The van der Waals surface area contributed by atoms with E-state index in [1.807, 2.05) is 6.07 Å². The molecule has 0 saturated carbocycles. The Bertz CT molecular complexity index is 311. The molecule has 2 heteroatoms. The van der Waals surface area contributed by atoms with E-state index in [2.05, 4.69) is 26.1 Å². The maximum Gasteiger partial charge on any atom is 0.123 e. The summed E-state index contributed by atoms with van der Waals surface area (Å²) in [7, 11) is 0. The molecule has 0 aliphatic rings. The molecule has 0 heterocycles. The molecule has 1 aromatic rings. The third-order valence-electron chi connectivity index (χ3n) is 3.02. The Labute approximate surface area is 98.1 Å². The third kappa shape index (κ3) is 4.31. The molecule has 0 aliphatic heterocycles. The van der Waals surface area contributed by atoms with Gasteiger partial charge in [-0.3, -0.25) is 0 Å². The van der Waals surface area contributed by atoms with Crippen molar-refractivity contribution in [2.75, 3.05) is 6.54 Å². The number of nitrogens with one attached hydrogen (secondary N) is 1. The van der Waals surface area contributed by atoms with Gasteiger partial charge in [0, 0.05) is 6.04 Å². The van der Waals surface area contributed by atoms with Crippen LogP contribution in [-0.4, -0.2) is 12.6 Å². The van der Waals surface area contributed by atoms with Crippen LogP contribution in [-0.2, 0) is 6.42 Å². The average molecular weight is 223 g/mol. The van der Waals surface area contributed by atoms with Crippen molar-refractivity contribution in [3.8, 4) is 0 Å². The van der Waals surface area contributed by atoms with Crippen molar-refractivity contribution in [3.05, 3.63) is 35.6 Å². The van der Waals surface area contributed by atoms with Crippen LogP contribution in [0.5, 0.6) is 0 Å². The number of benzene rings is 1. The lowest BCUT2D eigenvalue weighted by atomic mass is 9.95. The molecule has 0 fully saturated rings. The SMILES string of the molecule is CCCNC(C)C(C)Cc1cccc(F)c1. The summed E-state index contributed by atoms with van der Waals surface area (Å²) in [5.41, 5.74) is 1.08. The monoisotopic (exact) mass is 223 g/mol. The number of hydrogen-bond donors (Lipinski definition) is 1. The molecule has 0 aliphatic carbocycles. The first kappa shape index (κ1) is 13.2. The molecule has 1 N–H and O–H groups in total. The normalized spacial score (nSPS) is 14.8. The minimum absolute atomic E-state index is 0.140. The Balaban J connectivity index is 2.47. The third-order valence-corrected chi connectivity index (χ3v) is 3.02. The highest BCUT2D eigenvalue weighted by Gasteiger charge is 2.11. The van der Waals surface area contributed by atoms with Crippen LogP contribution in [0.3, 0.4) is 0 Å². The molecule has 0 saturated heterocycles. The van der Waals surface area contributed by atoms with E-state index in [0.717, 1.165) is 24.9 Å². The van der Waals surface area contributed by atoms with Crippen LogP contribution in [0.25, 0.3) is 0 Å². The van der Waals surface area contributed by atoms with Gasteiger partial charge in [-0.1, -0.05) is 26.0 Å². The Morgan fingerprint density at radius 3 is 2.69 bits per heavy atom. The Morgan fingerprint density at radius 1 is 1.31 bits per heavy atom. The molecule has 2 atom stereocenters. The highest BCUT2D eigenvalue weighted by atomic mass is 19.1. The highest BCUT2D eigenvalue weighted by molar-refractivity contribution is 5.16. The van der Waals surface area contributed by atoms with Gasteiger partial charge in [0.25, 0.3) is 0 Å². The quantitative estimate of drug-likeness (QED) is 0.779. The minimum Gasteiger partial charge on any atom is -0.314 e. The van der Waals surface area contributed by atoms with Crippen molar-refractivity contribution in [1.82, 2.24) is 5.32 Å². The second kappa shape index (κ2) is 6.64. The summed E-state index contributed by atoms with van der Waals surface area (Å²) in [6.45, 7) is 7.61. The molecule has 1 aromatic carbocycles. The first-order chi connectivity index (χ1) is 7.63. The summed E-state index contributed by atoms with van der Waals surface area (Å²) in [5, 5.41) is 3.47. The van der Waals surface area contributed by atoms with Crippen molar-refractivity contribution >= 4 is 0 Å². The molecular formula is C14H22FN. The summed E-state index contributed by atoms with van der Waals surface area (Å²) in [6.07, 6.45) is 2.08. The number of rotatable bonds is 6. The van der Waals surface area contributed by atoms with Crippen molar-refractivity contribution in [1.29, 1.82) is 0 Å². The van der Waals surface area contributed by atoms with Gasteiger partial charge < -0.3 is 5.32 Å². The van der Waals surface area contributed by atoms with Crippen LogP contribution in [0.2, 0.25) is 0 Å². The van der Waals surface area contributed by atoms with Gasteiger partial charge in [0.15, 0.2) is 0 Å². The lowest BCUT2D eigenvalue weighted by Crippen LogP contribution is -2.33. The second-order valence-corrected chi connectivity index (χ2v) is 4.55. The van der Waals surface area contributed by atoms with E-state index in [0.29, 0.717) is 12.0 Å². The molecule has 1 nitrogen and oxygen atoms in total. The predicted molar refractivity (Wildman–Crippen MR) is 67.0 cm³/mol. The van der Waals surface area contributed by atoms with Crippen molar-refractivity contribution in [3.63, 3.8) is 0 Å². The first-order valence-corrected chi connectivity index (χ1v) is 6.11. The van der Waals surface area contributed by atoms with E-state index in [1.165, 1.54) is 6.07 Å². The zero-order valence-corrected chi connectivity index (χ0v) is 10.5. The Hall–Kier alpha value is -0.890. The van der Waals surface area contributed by atoms with Crippen molar-refractivity contribution < 1.29 is 4.39 Å². The van der Waals surface area contributed by atoms with Gasteiger partial charge in [0.2, 0.25) is 0 Å². The standard InChI is InChI=1S/C14H22FN/c1-4-8-16-12(3)11(2)9-13-6-5-7-14(15)10-13/h5-7,10-12,16H,4,8-9H2,1-3H3. The van der Waals surface area contributed by atoms with Gasteiger partial charge in [-0.2, -0.15) is 0 Å². The molecule has 0 amide bonds. The summed E-state index contributed by atoms with van der Waals surface area (Å²) in [6, 6.07) is 7.37. The fourth-order valence-corrected chi connectivity index (χ4v) is 1.79. The summed E-state index contributed by atoms with van der Waals surface area (Å²) >= 11 is 0. The molecular weight excluding hydrogens is 201 g/mol. The predicted octanol–water partition coefficient (Wildman–Crippen LogP) is 3.39. The second-order valence-electron chi connectivity index (χ2n) is 4.55. The maximum atomic E-state index is 13.0. The van der Waals surface area contributed by atoms with Gasteiger partial charge in [-0.15, -0.1) is 0 Å². The van der Waals surface area contributed by atoms with E-state index in [4.69, 9.17) is 0 Å². The van der Waals surface area contributed by atoms with Crippen LogP contribution < -0.4 is 5.32 Å². The number of halogens is 1. The largest absolute Gasteiger partial charge is 0.314 e. The van der Waals surface area contributed by atoms with E-state index in [9.17, 15) is 4.39 Å². The Kier molecular flexibility index (Phi) is 5.47. The molecule has 0 spiro atoms. The van der Waals surface area contributed by atoms with E-state index in [1.54, 1.807) is 12.1 Å². The minimum atomic E-state index is -0.140.